The Morgan fingerprint density at radius 1 is 1.26 bits per heavy atom. The summed E-state index contributed by atoms with van der Waals surface area (Å²) in [6, 6.07) is 7.19. The third kappa shape index (κ3) is 5.32. The number of benzene rings is 1. The Balaban J connectivity index is 1.95. The summed E-state index contributed by atoms with van der Waals surface area (Å²) < 4.78 is 0. The van der Waals surface area contributed by atoms with Gasteiger partial charge in [-0.2, -0.15) is 0 Å². The van der Waals surface area contributed by atoms with Crippen LogP contribution in [0.15, 0.2) is 24.3 Å². The molecular weight excluding hydrogens is 310 g/mol. The van der Waals surface area contributed by atoms with Crippen molar-refractivity contribution < 1.29 is 9.59 Å². The Hall–Kier alpha value is -1.95. The second kappa shape index (κ2) is 8.06. The molecule has 1 fully saturated rings. The average Bonchev–Trinajstić information content (AvgIpc) is 2.99. The predicted molar refractivity (Wildman–Crippen MR) is 95.4 cm³/mol. The number of anilines is 1. The first-order chi connectivity index (χ1) is 11.0. The monoisotopic (exact) mass is 333 g/mol. The fraction of sp³-hybridized carbons (Fsp3) is 0.471. The third-order valence-corrected chi connectivity index (χ3v) is 3.81. The number of likely N-dealkylation sites (tertiary alicyclic amines) is 1. The first-order valence-corrected chi connectivity index (χ1v) is 8.36. The molecule has 0 unspecified atom stereocenters. The molecule has 2 amide bonds. The number of nitrogens with zero attached hydrogens (tertiary/aromatic N) is 1. The Morgan fingerprint density at radius 2 is 1.96 bits per heavy atom. The summed E-state index contributed by atoms with van der Waals surface area (Å²) in [4.78, 5) is 25.9. The van der Waals surface area contributed by atoms with Crippen LogP contribution in [0.2, 0.25) is 0 Å². The fourth-order valence-corrected chi connectivity index (χ4v) is 2.78. The van der Waals surface area contributed by atoms with Crippen molar-refractivity contribution in [2.24, 2.45) is 5.92 Å². The lowest BCUT2D eigenvalue weighted by Crippen LogP contribution is -2.34. The van der Waals surface area contributed by atoms with E-state index in [1.54, 1.807) is 12.1 Å². The minimum Gasteiger partial charge on any atom is -0.339 e. The number of thiocarbonyl (C=S) groups is 1. The summed E-state index contributed by atoms with van der Waals surface area (Å²) in [5.74, 6) is 0.210. The molecule has 0 aliphatic carbocycles. The maximum Gasteiger partial charge on any atom is 0.253 e. The molecule has 0 bridgehead atoms. The van der Waals surface area contributed by atoms with Crippen LogP contribution < -0.4 is 10.6 Å². The molecule has 2 rings (SSSR count). The zero-order valence-electron chi connectivity index (χ0n) is 13.6. The van der Waals surface area contributed by atoms with Crippen LogP contribution in [-0.4, -0.2) is 34.9 Å². The molecule has 124 valence electrons. The van der Waals surface area contributed by atoms with E-state index in [1.807, 2.05) is 30.9 Å². The summed E-state index contributed by atoms with van der Waals surface area (Å²) in [5, 5.41) is 5.86. The smallest absolute Gasteiger partial charge is 0.253 e. The Morgan fingerprint density at radius 3 is 2.61 bits per heavy atom. The van der Waals surface area contributed by atoms with Crippen molar-refractivity contribution in [2.75, 3.05) is 18.4 Å². The van der Waals surface area contributed by atoms with Crippen LogP contribution in [-0.2, 0) is 4.79 Å². The molecule has 0 aromatic heterocycles. The van der Waals surface area contributed by atoms with E-state index in [-0.39, 0.29) is 22.8 Å². The normalized spacial score (nSPS) is 14.0. The SMILES string of the molecule is CC(C)CC(=O)NC(=S)Nc1cccc(C(=O)N2CCCC2)c1. The van der Waals surface area contributed by atoms with Crippen LogP contribution in [0.5, 0.6) is 0 Å². The highest BCUT2D eigenvalue weighted by atomic mass is 32.1. The molecule has 1 aromatic carbocycles. The number of carbonyl (C=O) groups is 2. The number of rotatable bonds is 4. The molecular formula is C17H23N3O2S. The largest absolute Gasteiger partial charge is 0.339 e. The van der Waals surface area contributed by atoms with Crippen LogP contribution in [0, 0.1) is 5.92 Å². The molecule has 1 saturated heterocycles. The van der Waals surface area contributed by atoms with E-state index in [4.69, 9.17) is 12.2 Å². The van der Waals surface area contributed by atoms with Gasteiger partial charge >= 0.3 is 0 Å². The van der Waals surface area contributed by atoms with Gasteiger partial charge in [0.1, 0.15) is 0 Å². The number of hydrogen-bond acceptors (Lipinski definition) is 3. The standard InChI is InChI=1S/C17H23N3O2S/c1-12(2)10-15(21)19-17(23)18-14-7-5-6-13(11-14)16(22)20-8-3-4-9-20/h5-7,11-12H,3-4,8-10H2,1-2H3,(H2,18,19,21,23). The third-order valence-electron chi connectivity index (χ3n) is 3.61. The van der Waals surface area contributed by atoms with E-state index in [2.05, 4.69) is 10.6 Å². The fourth-order valence-electron chi connectivity index (χ4n) is 2.54. The molecule has 1 aliphatic rings. The molecule has 1 aliphatic heterocycles. The van der Waals surface area contributed by atoms with Gasteiger partial charge in [-0.3, -0.25) is 9.59 Å². The summed E-state index contributed by atoms with van der Waals surface area (Å²) in [5.41, 5.74) is 1.33. The van der Waals surface area contributed by atoms with Gasteiger partial charge in [0.05, 0.1) is 0 Å². The average molecular weight is 333 g/mol. The maximum atomic E-state index is 12.4. The molecule has 0 radical (unpaired) electrons. The van der Waals surface area contributed by atoms with Crippen LogP contribution in [0.1, 0.15) is 43.5 Å². The first-order valence-electron chi connectivity index (χ1n) is 7.96. The molecule has 6 heteroatoms. The minimum absolute atomic E-state index is 0.0425. The van der Waals surface area contributed by atoms with Crippen LogP contribution in [0.3, 0.4) is 0 Å². The van der Waals surface area contributed by atoms with E-state index in [9.17, 15) is 9.59 Å². The number of carbonyl (C=O) groups excluding carboxylic acids is 2. The molecule has 0 saturated carbocycles. The first kappa shape index (κ1) is 17.4. The van der Waals surface area contributed by atoms with Crippen LogP contribution in [0.25, 0.3) is 0 Å². The van der Waals surface area contributed by atoms with Crippen molar-refractivity contribution >= 4 is 34.8 Å². The molecule has 0 spiro atoms. The van der Waals surface area contributed by atoms with Gasteiger partial charge in [-0.15, -0.1) is 0 Å². The van der Waals surface area contributed by atoms with Crippen molar-refractivity contribution in [2.45, 2.75) is 33.1 Å². The van der Waals surface area contributed by atoms with E-state index < -0.39 is 0 Å². The van der Waals surface area contributed by atoms with Crippen molar-refractivity contribution in [3.05, 3.63) is 29.8 Å². The van der Waals surface area contributed by atoms with Gasteiger partial charge in [0, 0.05) is 30.8 Å². The molecule has 5 nitrogen and oxygen atoms in total. The van der Waals surface area contributed by atoms with Gasteiger partial charge in [-0.05, 0) is 49.2 Å². The Kier molecular flexibility index (Phi) is 6.10. The summed E-state index contributed by atoms with van der Waals surface area (Å²) >= 11 is 5.14. The van der Waals surface area contributed by atoms with Crippen LogP contribution in [0.4, 0.5) is 5.69 Å². The highest BCUT2D eigenvalue weighted by molar-refractivity contribution is 7.80. The van der Waals surface area contributed by atoms with Crippen molar-refractivity contribution in [1.29, 1.82) is 0 Å². The van der Waals surface area contributed by atoms with Crippen molar-refractivity contribution in [3.8, 4) is 0 Å². The Labute approximate surface area is 142 Å². The van der Waals surface area contributed by atoms with E-state index in [0.717, 1.165) is 25.9 Å². The van der Waals surface area contributed by atoms with Gasteiger partial charge in [0.2, 0.25) is 5.91 Å². The van der Waals surface area contributed by atoms with Gasteiger partial charge in [-0.1, -0.05) is 19.9 Å². The number of hydrogen-bond donors (Lipinski definition) is 2. The molecule has 1 heterocycles. The predicted octanol–water partition coefficient (Wildman–Crippen LogP) is 2.78. The highest BCUT2D eigenvalue weighted by Gasteiger charge is 2.19. The van der Waals surface area contributed by atoms with Gasteiger partial charge in [0.25, 0.3) is 5.91 Å². The van der Waals surface area contributed by atoms with Gasteiger partial charge in [0.15, 0.2) is 5.11 Å². The van der Waals surface area contributed by atoms with E-state index in [0.29, 0.717) is 17.7 Å². The summed E-state index contributed by atoms with van der Waals surface area (Å²) in [6.07, 6.45) is 2.56. The van der Waals surface area contributed by atoms with Crippen molar-refractivity contribution in [3.63, 3.8) is 0 Å². The molecule has 23 heavy (non-hydrogen) atoms. The van der Waals surface area contributed by atoms with E-state index >= 15 is 0 Å². The number of nitrogens with one attached hydrogen (secondary N) is 2. The van der Waals surface area contributed by atoms with E-state index in [1.165, 1.54) is 0 Å². The molecule has 2 N–H and O–H groups in total. The lowest BCUT2D eigenvalue weighted by molar-refractivity contribution is -0.120. The number of amides is 2. The summed E-state index contributed by atoms with van der Waals surface area (Å²) in [7, 11) is 0. The van der Waals surface area contributed by atoms with Gasteiger partial charge in [-0.25, -0.2) is 0 Å². The summed E-state index contributed by atoms with van der Waals surface area (Å²) in [6.45, 7) is 5.59. The quantitative estimate of drug-likeness (QED) is 0.832. The second-order valence-electron chi connectivity index (χ2n) is 6.18. The van der Waals surface area contributed by atoms with Crippen LogP contribution >= 0.6 is 12.2 Å². The second-order valence-corrected chi connectivity index (χ2v) is 6.59. The topological polar surface area (TPSA) is 61.4 Å². The minimum atomic E-state index is -0.109. The zero-order chi connectivity index (χ0) is 16.8. The highest BCUT2D eigenvalue weighted by Crippen LogP contribution is 2.16. The lowest BCUT2D eigenvalue weighted by atomic mass is 10.1. The van der Waals surface area contributed by atoms with Crippen molar-refractivity contribution in [1.82, 2.24) is 10.2 Å². The molecule has 0 atom stereocenters. The molecule has 1 aromatic rings. The maximum absolute atomic E-state index is 12.4. The Bertz CT molecular complexity index is 595. The zero-order valence-corrected chi connectivity index (χ0v) is 14.4. The van der Waals surface area contributed by atoms with Gasteiger partial charge < -0.3 is 15.5 Å². The lowest BCUT2D eigenvalue weighted by Gasteiger charge is -2.16.